The van der Waals surface area contributed by atoms with Crippen LogP contribution in [0, 0.1) is 11.3 Å². The van der Waals surface area contributed by atoms with E-state index in [1.807, 2.05) is 6.07 Å². The summed E-state index contributed by atoms with van der Waals surface area (Å²) >= 11 is 0. The average Bonchev–Trinajstić information content (AvgIpc) is 2.72. The van der Waals surface area contributed by atoms with E-state index in [2.05, 4.69) is 5.32 Å². The molecule has 0 aliphatic carbocycles. The summed E-state index contributed by atoms with van der Waals surface area (Å²) in [5.74, 6) is -2.93. The van der Waals surface area contributed by atoms with Crippen molar-refractivity contribution >= 4 is 22.8 Å². The van der Waals surface area contributed by atoms with Crippen LogP contribution in [0.15, 0.2) is 53.3 Å². The van der Waals surface area contributed by atoms with E-state index in [1.165, 1.54) is 12.1 Å². The maximum absolute atomic E-state index is 12.9. The minimum absolute atomic E-state index is 0.144. The molecule has 3 rings (SSSR count). The standard InChI is InChI=1S/C20H15N3O6/c21-9-12-5-1-2-6-13(12)11-29-23-15-8-4-3-7-14(15)18(26)17(20(23)28)19(27)22-10-16(24)25/h1-8,26H,10-11H2,(H,22,27)(H,24,25). The minimum Gasteiger partial charge on any atom is -0.506 e. The number of aromatic hydroxyl groups is 1. The molecule has 0 unspecified atom stereocenters. The molecule has 9 heteroatoms. The number of aliphatic carboxylic acids is 1. The first-order chi connectivity index (χ1) is 13.9. The van der Waals surface area contributed by atoms with Crippen LogP contribution in [-0.2, 0) is 11.4 Å². The molecule has 0 spiro atoms. The van der Waals surface area contributed by atoms with Gasteiger partial charge in [0.1, 0.15) is 18.9 Å². The molecule has 1 heterocycles. The number of nitrogens with zero attached hydrogens (tertiary/aromatic N) is 2. The van der Waals surface area contributed by atoms with E-state index in [4.69, 9.17) is 9.94 Å². The molecule has 0 saturated heterocycles. The fraction of sp³-hybridized carbons (Fsp3) is 0.100. The molecule has 0 radical (unpaired) electrons. The highest BCUT2D eigenvalue weighted by Crippen LogP contribution is 2.26. The van der Waals surface area contributed by atoms with Gasteiger partial charge in [0.25, 0.3) is 11.5 Å². The Morgan fingerprint density at radius 1 is 1.14 bits per heavy atom. The van der Waals surface area contributed by atoms with Gasteiger partial charge >= 0.3 is 5.97 Å². The number of benzene rings is 2. The van der Waals surface area contributed by atoms with Gasteiger partial charge in [-0.3, -0.25) is 14.4 Å². The molecule has 9 nitrogen and oxygen atoms in total. The fourth-order valence-corrected chi connectivity index (χ4v) is 2.76. The van der Waals surface area contributed by atoms with Gasteiger partial charge in [-0.1, -0.05) is 30.3 Å². The summed E-state index contributed by atoms with van der Waals surface area (Å²) in [6.45, 7) is -0.866. The Kier molecular flexibility index (Phi) is 5.46. The van der Waals surface area contributed by atoms with Crippen LogP contribution in [0.1, 0.15) is 21.5 Å². The molecule has 3 aromatic rings. The molecule has 29 heavy (non-hydrogen) atoms. The van der Waals surface area contributed by atoms with Gasteiger partial charge in [0.2, 0.25) is 0 Å². The van der Waals surface area contributed by atoms with Gasteiger partial charge in [-0.15, -0.1) is 4.73 Å². The van der Waals surface area contributed by atoms with Gasteiger partial charge in [-0.25, -0.2) is 0 Å². The number of para-hydroxylation sites is 1. The Balaban J connectivity index is 2.08. The number of nitrogens with one attached hydrogen (secondary N) is 1. The largest absolute Gasteiger partial charge is 0.506 e. The molecular weight excluding hydrogens is 378 g/mol. The van der Waals surface area contributed by atoms with Crippen LogP contribution >= 0.6 is 0 Å². The second kappa shape index (κ2) is 8.14. The zero-order valence-corrected chi connectivity index (χ0v) is 15.0. The smallest absolute Gasteiger partial charge is 0.322 e. The number of carbonyl (C=O) groups is 2. The third-order valence-electron chi connectivity index (χ3n) is 4.13. The summed E-state index contributed by atoms with van der Waals surface area (Å²) in [7, 11) is 0. The fourth-order valence-electron chi connectivity index (χ4n) is 2.76. The number of carbonyl (C=O) groups excluding carboxylic acids is 1. The van der Waals surface area contributed by atoms with E-state index in [9.17, 15) is 24.8 Å². The van der Waals surface area contributed by atoms with Crippen molar-refractivity contribution in [1.82, 2.24) is 10.0 Å². The van der Waals surface area contributed by atoms with Crippen LogP contribution < -0.4 is 15.7 Å². The number of fused-ring (bicyclic) bond motifs is 1. The van der Waals surface area contributed by atoms with Crippen LogP contribution in [0.3, 0.4) is 0 Å². The Bertz CT molecular complexity index is 1210. The number of aromatic nitrogens is 1. The van der Waals surface area contributed by atoms with Crippen LogP contribution in [0.25, 0.3) is 10.9 Å². The Hall–Kier alpha value is -4.32. The lowest BCUT2D eigenvalue weighted by Gasteiger charge is -2.15. The molecule has 146 valence electrons. The van der Waals surface area contributed by atoms with Crippen LogP contribution in [0.5, 0.6) is 5.75 Å². The molecule has 0 aliphatic heterocycles. The lowest BCUT2D eigenvalue weighted by molar-refractivity contribution is -0.135. The molecule has 0 atom stereocenters. The summed E-state index contributed by atoms with van der Waals surface area (Å²) in [5, 5.41) is 30.6. The second-order valence-corrected chi connectivity index (χ2v) is 5.96. The predicted octanol–water partition coefficient (Wildman–Crippen LogP) is 1.02. The van der Waals surface area contributed by atoms with Crippen molar-refractivity contribution in [1.29, 1.82) is 5.26 Å². The van der Waals surface area contributed by atoms with Crippen LogP contribution in [-0.4, -0.2) is 33.4 Å². The molecule has 3 N–H and O–H groups in total. The predicted molar refractivity (Wildman–Crippen MR) is 101 cm³/mol. The topological polar surface area (TPSA) is 142 Å². The maximum Gasteiger partial charge on any atom is 0.322 e. The summed E-state index contributed by atoms with van der Waals surface area (Å²) in [4.78, 5) is 41.5. The quantitative estimate of drug-likeness (QED) is 0.568. The molecule has 2 aromatic carbocycles. The first-order valence-corrected chi connectivity index (χ1v) is 8.42. The van der Waals surface area contributed by atoms with Gasteiger partial charge in [0.15, 0.2) is 5.56 Å². The second-order valence-electron chi connectivity index (χ2n) is 5.96. The van der Waals surface area contributed by atoms with Crippen LogP contribution in [0.2, 0.25) is 0 Å². The Labute approximate surface area is 164 Å². The molecule has 0 saturated carbocycles. The number of carboxylic acid groups (broad SMARTS) is 1. The zero-order chi connectivity index (χ0) is 21.0. The van der Waals surface area contributed by atoms with Crippen molar-refractivity contribution in [3.8, 4) is 11.8 Å². The summed E-state index contributed by atoms with van der Waals surface area (Å²) < 4.78 is 0.846. The lowest BCUT2D eigenvalue weighted by atomic mass is 10.1. The summed E-state index contributed by atoms with van der Waals surface area (Å²) in [5.41, 5.74) is -0.504. The third-order valence-corrected chi connectivity index (χ3v) is 4.13. The third kappa shape index (κ3) is 3.86. The van der Waals surface area contributed by atoms with Crippen molar-refractivity contribution < 1.29 is 24.6 Å². The Morgan fingerprint density at radius 3 is 2.55 bits per heavy atom. The lowest BCUT2D eigenvalue weighted by Crippen LogP contribution is -2.37. The first-order valence-electron chi connectivity index (χ1n) is 8.42. The van der Waals surface area contributed by atoms with Gasteiger partial charge in [0.05, 0.1) is 17.1 Å². The van der Waals surface area contributed by atoms with E-state index in [-0.39, 0.29) is 17.5 Å². The molecule has 0 aliphatic rings. The van der Waals surface area contributed by atoms with Crippen molar-refractivity contribution in [3.05, 3.63) is 75.6 Å². The normalized spacial score (nSPS) is 10.3. The number of nitriles is 1. The number of pyridine rings is 1. The minimum atomic E-state index is -1.30. The van der Waals surface area contributed by atoms with Crippen molar-refractivity contribution in [2.75, 3.05) is 6.54 Å². The SMILES string of the molecule is N#Cc1ccccc1COn1c(=O)c(C(=O)NCC(=O)O)c(O)c2ccccc21. The van der Waals surface area contributed by atoms with E-state index in [0.717, 1.165) is 4.73 Å². The molecule has 0 fully saturated rings. The van der Waals surface area contributed by atoms with Crippen molar-refractivity contribution in [2.45, 2.75) is 6.61 Å². The summed E-state index contributed by atoms with van der Waals surface area (Å²) in [6, 6.07) is 14.9. The number of carboxylic acids is 1. The zero-order valence-electron chi connectivity index (χ0n) is 15.0. The van der Waals surface area contributed by atoms with Gasteiger partial charge < -0.3 is 20.4 Å². The van der Waals surface area contributed by atoms with E-state index >= 15 is 0 Å². The van der Waals surface area contributed by atoms with E-state index < -0.39 is 35.3 Å². The van der Waals surface area contributed by atoms with E-state index in [0.29, 0.717) is 11.1 Å². The first kappa shape index (κ1) is 19.4. The average molecular weight is 393 g/mol. The van der Waals surface area contributed by atoms with Crippen molar-refractivity contribution in [3.63, 3.8) is 0 Å². The van der Waals surface area contributed by atoms with Gasteiger partial charge in [-0.05, 0) is 18.2 Å². The van der Waals surface area contributed by atoms with Crippen LogP contribution in [0.4, 0.5) is 0 Å². The molecule has 1 amide bonds. The number of hydrogen-bond acceptors (Lipinski definition) is 6. The van der Waals surface area contributed by atoms with Gasteiger partial charge in [-0.2, -0.15) is 5.26 Å². The molecule has 1 aromatic heterocycles. The highest BCUT2D eigenvalue weighted by atomic mass is 16.7. The molecule has 0 bridgehead atoms. The van der Waals surface area contributed by atoms with Gasteiger partial charge in [0, 0.05) is 10.9 Å². The van der Waals surface area contributed by atoms with E-state index in [1.54, 1.807) is 36.4 Å². The summed E-state index contributed by atoms with van der Waals surface area (Å²) in [6.07, 6.45) is 0. The number of hydrogen-bond donors (Lipinski definition) is 3. The maximum atomic E-state index is 12.9. The highest BCUT2D eigenvalue weighted by molar-refractivity contribution is 6.02. The van der Waals surface area contributed by atoms with Crippen molar-refractivity contribution in [2.24, 2.45) is 0 Å². The molecular formula is C20H15N3O6. The highest BCUT2D eigenvalue weighted by Gasteiger charge is 2.23. The number of rotatable bonds is 6. The Morgan fingerprint density at radius 2 is 1.83 bits per heavy atom. The monoisotopic (exact) mass is 393 g/mol. The number of amides is 1.